The zero-order valence-corrected chi connectivity index (χ0v) is 14.2. The Balaban J connectivity index is 2.07. The minimum Gasteiger partial charge on any atom is -0.338 e. The van der Waals surface area contributed by atoms with Crippen molar-refractivity contribution in [2.24, 2.45) is 5.92 Å². The number of amides is 1. The molecule has 1 amide bonds. The maximum Gasteiger partial charge on any atom is 0.254 e. The number of halogens is 1. The van der Waals surface area contributed by atoms with Gasteiger partial charge in [-0.25, -0.2) is 0 Å². The van der Waals surface area contributed by atoms with Crippen LogP contribution in [0.1, 0.15) is 36.5 Å². The number of nitrogens with zero attached hydrogens (tertiary/aromatic N) is 1. The van der Waals surface area contributed by atoms with E-state index < -0.39 is 0 Å². The third-order valence-electron chi connectivity index (χ3n) is 3.76. The van der Waals surface area contributed by atoms with Gasteiger partial charge in [0.05, 0.1) is 5.56 Å². The highest BCUT2D eigenvalue weighted by Crippen LogP contribution is 2.17. The molecule has 1 aliphatic heterocycles. The van der Waals surface area contributed by atoms with Gasteiger partial charge in [-0.05, 0) is 73.0 Å². The van der Waals surface area contributed by atoms with Crippen LogP contribution < -0.4 is 5.32 Å². The summed E-state index contributed by atoms with van der Waals surface area (Å²) in [6.07, 6.45) is 3.46. The number of piperidine rings is 1. The molecule has 0 saturated carbocycles. The summed E-state index contributed by atoms with van der Waals surface area (Å²) < 4.78 is 1.04. The first-order valence-electron chi connectivity index (χ1n) is 7.47. The van der Waals surface area contributed by atoms with Crippen LogP contribution in [0.3, 0.4) is 0 Å². The lowest BCUT2D eigenvalue weighted by Crippen LogP contribution is -2.41. The molecule has 0 aliphatic carbocycles. The first kappa shape index (κ1) is 15.8. The summed E-state index contributed by atoms with van der Waals surface area (Å²) in [7, 11) is 0. The Morgan fingerprint density at radius 2 is 2.25 bits per heavy atom. The number of hydrogen-bond acceptors (Lipinski definition) is 2. The summed E-state index contributed by atoms with van der Waals surface area (Å²) in [6.45, 7) is 6.02. The predicted molar refractivity (Wildman–Crippen MR) is 90.9 cm³/mol. The van der Waals surface area contributed by atoms with Gasteiger partial charge in [-0.1, -0.05) is 19.1 Å². The quantitative estimate of drug-likeness (QED) is 0.789. The summed E-state index contributed by atoms with van der Waals surface area (Å²) >= 11 is 2.25. The molecule has 1 saturated heterocycles. The van der Waals surface area contributed by atoms with Crippen LogP contribution in [0.4, 0.5) is 0 Å². The number of hydrogen-bond donors (Lipinski definition) is 1. The Morgan fingerprint density at radius 1 is 1.45 bits per heavy atom. The van der Waals surface area contributed by atoms with Crippen molar-refractivity contribution in [1.82, 2.24) is 10.2 Å². The minimum absolute atomic E-state index is 0.183. The van der Waals surface area contributed by atoms with Crippen LogP contribution in [0.5, 0.6) is 0 Å². The van der Waals surface area contributed by atoms with Crippen LogP contribution in [-0.4, -0.2) is 37.0 Å². The maximum absolute atomic E-state index is 12.7. The van der Waals surface area contributed by atoms with E-state index in [-0.39, 0.29) is 5.91 Å². The molecule has 20 heavy (non-hydrogen) atoms. The second kappa shape index (κ2) is 7.98. The van der Waals surface area contributed by atoms with Crippen molar-refractivity contribution in [2.45, 2.75) is 26.2 Å². The number of rotatable bonds is 5. The lowest BCUT2D eigenvalue weighted by Gasteiger charge is -2.30. The van der Waals surface area contributed by atoms with E-state index in [1.54, 1.807) is 0 Å². The third-order valence-corrected chi connectivity index (χ3v) is 4.70. The molecule has 0 bridgehead atoms. The number of carbonyl (C=O) groups is 1. The summed E-state index contributed by atoms with van der Waals surface area (Å²) in [4.78, 5) is 14.8. The van der Waals surface area contributed by atoms with E-state index in [0.717, 1.165) is 41.7 Å². The molecular weight excluding hydrogens is 363 g/mol. The summed E-state index contributed by atoms with van der Waals surface area (Å²) in [6, 6.07) is 7.86. The van der Waals surface area contributed by atoms with E-state index in [0.29, 0.717) is 5.92 Å². The Bertz CT molecular complexity index is 444. The monoisotopic (exact) mass is 386 g/mol. The fourth-order valence-corrected chi connectivity index (χ4v) is 3.36. The molecule has 3 nitrogen and oxygen atoms in total. The lowest BCUT2D eigenvalue weighted by atomic mass is 9.98. The molecule has 1 heterocycles. The van der Waals surface area contributed by atoms with E-state index in [1.807, 2.05) is 29.2 Å². The van der Waals surface area contributed by atoms with Crippen LogP contribution in [0.25, 0.3) is 0 Å². The predicted octanol–water partition coefficient (Wildman–Crippen LogP) is 3.14. The fraction of sp³-hybridized carbons (Fsp3) is 0.562. The largest absolute Gasteiger partial charge is 0.338 e. The van der Waals surface area contributed by atoms with Crippen molar-refractivity contribution in [3.05, 3.63) is 33.4 Å². The van der Waals surface area contributed by atoms with Crippen molar-refractivity contribution < 1.29 is 4.79 Å². The first-order valence-corrected chi connectivity index (χ1v) is 8.54. The van der Waals surface area contributed by atoms with Gasteiger partial charge in [0, 0.05) is 16.7 Å². The van der Waals surface area contributed by atoms with Gasteiger partial charge in [0.1, 0.15) is 0 Å². The van der Waals surface area contributed by atoms with E-state index in [1.165, 1.54) is 12.8 Å². The molecule has 1 aromatic carbocycles. The molecule has 1 aliphatic rings. The van der Waals surface area contributed by atoms with E-state index in [4.69, 9.17) is 0 Å². The van der Waals surface area contributed by atoms with Crippen molar-refractivity contribution in [3.63, 3.8) is 0 Å². The molecule has 1 aromatic rings. The molecule has 1 atom stereocenters. The van der Waals surface area contributed by atoms with Crippen LogP contribution in [0.15, 0.2) is 24.3 Å². The molecule has 1 unspecified atom stereocenters. The smallest absolute Gasteiger partial charge is 0.254 e. The Kier molecular flexibility index (Phi) is 6.29. The van der Waals surface area contributed by atoms with Gasteiger partial charge in [0.15, 0.2) is 0 Å². The standard InChI is InChI=1S/C16H23IN2O/c1-2-10-19(12-13-6-5-9-18-11-13)16(20)14-7-3-4-8-15(14)17/h3-4,7-8,13,18H,2,5-6,9-12H2,1H3. The zero-order valence-electron chi connectivity index (χ0n) is 12.1. The zero-order chi connectivity index (χ0) is 14.4. The highest BCUT2D eigenvalue weighted by Gasteiger charge is 2.22. The van der Waals surface area contributed by atoms with Gasteiger partial charge in [-0.15, -0.1) is 0 Å². The molecule has 1 fully saturated rings. The Morgan fingerprint density at radius 3 is 2.90 bits per heavy atom. The van der Waals surface area contributed by atoms with Crippen LogP contribution >= 0.6 is 22.6 Å². The van der Waals surface area contributed by atoms with Crippen molar-refractivity contribution >= 4 is 28.5 Å². The van der Waals surface area contributed by atoms with E-state index >= 15 is 0 Å². The summed E-state index contributed by atoms with van der Waals surface area (Å²) in [5.74, 6) is 0.781. The molecule has 0 spiro atoms. The first-order chi connectivity index (χ1) is 9.72. The van der Waals surface area contributed by atoms with E-state index in [2.05, 4.69) is 34.8 Å². The molecular formula is C16H23IN2O. The van der Waals surface area contributed by atoms with Gasteiger partial charge in [0.25, 0.3) is 5.91 Å². The molecule has 1 N–H and O–H groups in total. The molecule has 110 valence electrons. The number of benzene rings is 1. The van der Waals surface area contributed by atoms with Crippen LogP contribution in [-0.2, 0) is 0 Å². The van der Waals surface area contributed by atoms with Crippen LogP contribution in [0.2, 0.25) is 0 Å². The Hall–Kier alpha value is -0.620. The van der Waals surface area contributed by atoms with Gasteiger partial charge < -0.3 is 10.2 Å². The second-order valence-corrected chi connectivity index (χ2v) is 6.61. The molecule has 0 aromatic heterocycles. The summed E-state index contributed by atoms with van der Waals surface area (Å²) in [5, 5.41) is 3.43. The number of carbonyl (C=O) groups excluding carboxylic acids is 1. The fourth-order valence-electron chi connectivity index (χ4n) is 2.74. The Labute approximate surface area is 135 Å². The van der Waals surface area contributed by atoms with Gasteiger partial charge in [-0.2, -0.15) is 0 Å². The lowest BCUT2D eigenvalue weighted by molar-refractivity contribution is 0.0717. The van der Waals surface area contributed by atoms with Gasteiger partial charge in [0.2, 0.25) is 0 Å². The topological polar surface area (TPSA) is 32.3 Å². The second-order valence-electron chi connectivity index (χ2n) is 5.44. The van der Waals surface area contributed by atoms with Crippen molar-refractivity contribution in [2.75, 3.05) is 26.2 Å². The van der Waals surface area contributed by atoms with Gasteiger partial charge in [-0.3, -0.25) is 4.79 Å². The SMILES string of the molecule is CCCN(CC1CCCNC1)C(=O)c1ccccc1I. The molecule has 2 rings (SSSR count). The van der Waals surface area contributed by atoms with Crippen LogP contribution in [0, 0.1) is 9.49 Å². The highest BCUT2D eigenvalue weighted by molar-refractivity contribution is 14.1. The third kappa shape index (κ3) is 4.19. The average Bonchev–Trinajstić information content (AvgIpc) is 2.48. The van der Waals surface area contributed by atoms with Gasteiger partial charge >= 0.3 is 0 Å². The average molecular weight is 386 g/mol. The maximum atomic E-state index is 12.7. The highest BCUT2D eigenvalue weighted by atomic mass is 127. The molecule has 4 heteroatoms. The number of nitrogens with one attached hydrogen (secondary N) is 1. The van der Waals surface area contributed by atoms with Crippen molar-refractivity contribution in [1.29, 1.82) is 0 Å². The molecule has 0 radical (unpaired) electrons. The van der Waals surface area contributed by atoms with E-state index in [9.17, 15) is 4.79 Å². The van der Waals surface area contributed by atoms with Crippen molar-refractivity contribution in [3.8, 4) is 0 Å². The summed E-state index contributed by atoms with van der Waals surface area (Å²) in [5.41, 5.74) is 0.838. The minimum atomic E-state index is 0.183. The normalized spacial score (nSPS) is 18.8.